The second kappa shape index (κ2) is 8.05. The van der Waals surface area contributed by atoms with Crippen molar-refractivity contribution >= 4 is 32.9 Å². The standard InChI is InChI=1S/C22H19BrN4O2/c1-26-18-10-6-5-9-17(18)24-22(26)21(15-7-3-2-4-8-15)25-19(28)14-27-13-16(23)11-12-20(27)29/h2-13,21H,14H2,1H3,(H,25,28). The summed E-state index contributed by atoms with van der Waals surface area (Å²) in [5, 5.41) is 3.05. The second-order valence-electron chi connectivity index (χ2n) is 6.74. The van der Waals surface area contributed by atoms with Crippen molar-refractivity contribution in [3.8, 4) is 0 Å². The second-order valence-corrected chi connectivity index (χ2v) is 7.66. The van der Waals surface area contributed by atoms with E-state index in [0.717, 1.165) is 26.9 Å². The molecule has 4 rings (SSSR count). The molecule has 1 unspecified atom stereocenters. The Balaban J connectivity index is 1.70. The molecule has 0 spiro atoms. The van der Waals surface area contributed by atoms with Crippen LogP contribution < -0.4 is 10.9 Å². The van der Waals surface area contributed by atoms with Crippen LogP contribution in [0.15, 0.2) is 82.2 Å². The van der Waals surface area contributed by atoms with Gasteiger partial charge in [-0.25, -0.2) is 4.98 Å². The Morgan fingerprint density at radius 1 is 1.07 bits per heavy atom. The first kappa shape index (κ1) is 19.1. The summed E-state index contributed by atoms with van der Waals surface area (Å²) >= 11 is 3.33. The van der Waals surface area contributed by atoms with Gasteiger partial charge in [-0.1, -0.05) is 42.5 Å². The third-order valence-electron chi connectivity index (χ3n) is 4.78. The Bertz CT molecular complexity index is 1230. The molecule has 0 fully saturated rings. The smallest absolute Gasteiger partial charge is 0.251 e. The molecule has 6 nitrogen and oxygen atoms in total. The van der Waals surface area contributed by atoms with Crippen LogP contribution in [-0.4, -0.2) is 20.0 Å². The van der Waals surface area contributed by atoms with Crippen LogP contribution in [0.25, 0.3) is 11.0 Å². The van der Waals surface area contributed by atoms with Crippen LogP contribution in [0.2, 0.25) is 0 Å². The Kier molecular flexibility index (Phi) is 5.31. The van der Waals surface area contributed by atoms with Gasteiger partial charge >= 0.3 is 0 Å². The van der Waals surface area contributed by atoms with E-state index in [1.54, 1.807) is 12.3 Å². The van der Waals surface area contributed by atoms with Crippen LogP contribution in [0.1, 0.15) is 17.4 Å². The van der Waals surface area contributed by atoms with Crippen LogP contribution in [0.4, 0.5) is 0 Å². The van der Waals surface area contributed by atoms with Crippen molar-refractivity contribution in [2.24, 2.45) is 7.05 Å². The average Bonchev–Trinajstić information content (AvgIpc) is 3.06. The molecular weight excluding hydrogens is 432 g/mol. The minimum Gasteiger partial charge on any atom is -0.341 e. The number of nitrogens with zero attached hydrogens (tertiary/aromatic N) is 3. The summed E-state index contributed by atoms with van der Waals surface area (Å²) in [4.78, 5) is 29.6. The summed E-state index contributed by atoms with van der Waals surface area (Å²) in [6, 6.07) is 20.2. The molecule has 0 radical (unpaired) electrons. The quantitative estimate of drug-likeness (QED) is 0.506. The maximum Gasteiger partial charge on any atom is 0.251 e. The van der Waals surface area contributed by atoms with E-state index in [9.17, 15) is 9.59 Å². The first-order valence-electron chi connectivity index (χ1n) is 9.14. The van der Waals surface area contributed by atoms with Gasteiger partial charge in [0.2, 0.25) is 5.91 Å². The number of carbonyl (C=O) groups excluding carboxylic acids is 1. The van der Waals surface area contributed by atoms with E-state index in [1.165, 1.54) is 10.6 Å². The van der Waals surface area contributed by atoms with Gasteiger partial charge in [-0.2, -0.15) is 0 Å². The van der Waals surface area contributed by atoms with Gasteiger partial charge in [0.1, 0.15) is 18.4 Å². The summed E-state index contributed by atoms with van der Waals surface area (Å²) in [6.07, 6.45) is 1.61. The van der Waals surface area contributed by atoms with Crippen molar-refractivity contribution in [3.63, 3.8) is 0 Å². The normalized spacial score (nSPS) is 12.1. The topological polar surface area (TPSA) is 68.9 Å². The van der Waals surface area contributed by atoms with Crippen LogP contribution in [-0.2, 0) is 18.4 Å². The average molecular weight is 451 g/mol. The molecule has 146 valence electrons. The molecule has 1 atom stereocenters. The molecule has 4 aromatic rings. The number of amides is 1. The molecular formula is C22H19BrN4O2. The number of benzene rings is 2. The van der Waals surface area contributed by atoms with E-state index in [2.05, 4.69) is 21.2 Å². The van der Waals surface area contributed by atoms with Crippen molar-refractivity contribution in [1.29, 1.82) is 0 Å². The first-order chi connectivity index (χ1) is 14.0. The zero-order valence-corrected chi connectivity index (χ0v) is 17.3. The molecule has 0 bridgehead atoms. The monoisotopic (exact) mass is 450 g/mol. The van der Waals surface area contributed by atoms with Gasteiger partial charge in [-0.3, -0.25) is 9.59 Å². The molecule has 2 aromatic carbocycles. The Morgan fingerprint density at radius 3 is 2.55 bits per heavy atom. The predicted molar refractivity (Wildman–Crippen MR) is 116 cm³/mol. The Hall–Kier alpha value is -3.19. The molecule has 0 aliphatic rings. The number of aromatic nitrogens is 3. The molecule has 1 N–H and O–H groups in total. The van der Waals surface area contributed by atoms with Crippen molar-refractivity contribution in [3.05, 3.63) is 99.1 Å². The number of hydrogen-bond donors (Lipinski definition) is 1. The maximum absolute atomic E-state index is 12.8. The van der Waals surface area contributed by atoms with Gasteiger partial charge in [-0.05, 0) is 39.7 Å². The largest absolute Gasteiger partial charge is 0.341 e. The summed E-state index contributed by atoms with van der Waals surface area (Å²) in [5.74, 6) is 0.457. The van der Waals surface area contributed by atoms with Crippen molar-refractivity contribution in [1.82, 2.24) is 19.4 Å². The fraction of sp³-hybridized carbons (Fsp3) is 0.136. The summed E-state index contributed by atoms with van der Waals surface area (Å²) in [5.41, 5.74) is 2.53. The number of aryl methyl sites for hydroxylation is 1. The van der Waals surface area contributed by atoms with E-state index in [4.69, 9.17) is 4.98 Å². The number of carbonyl (C=O) groups is 1. The lowest BCUT2D eigenvalue weighted by atomic mass is 10.1. The third kappa shape index (κ3) is 4.00. The van der Waals surface area contributed by atoms with Crippen LogP contribution >= 0.6 is 15.9 Å². The lowest BCUT2D eigenvalue weighted by Gasteiger charge is -2.19. The van der Waals surface area contributed by atoms with Crippen LogP contribution in [0, 0.1) is 0 Å². The number of rotatable bonds is 5. The molecule has 0 aliphatic heterocycles. The van der Waals surface area contributed by atoms with Gasteiger partial charge in [0.05, 0.1) is 11.0 Å². The number of nitrogens with one attached hydrogen (secondary N) is 1. The van der Waals surface area contributed by atoms with Gasteiger partial charge in [0.15, 0.2) is 0 Å². The number of hydrogen-bond acceptors (Lipinski definition) is 3. The predicted octanol–water partition coefficient (Wildman–Crippen LogP) is 3.40. The molecule has 7 heteroatoms. The van der Waals surface area contributed by atoms with Crippen molar-refractivity contribution < 1.29 is 4.79 Å². The zero-order valence-electron chi connectivity index (χ0n) is 15.7. The van der Waals surface area contributed by atoms with Crippen molar-refractivity contribution in [2.75, 3.05) is 0 Å². The molecule has 2 aromatic heterocycles. The van der Waals surface area contributed by atoms with E-state index < -0.39 is 6.04 Å². The number of para-hydroxylation sites is 2. The highest BCUT2D eigenvalue weighted by atomic mass is 79.9. The maximum atomic E-state index is 12.8. The number of halogens is 1. The van der Waals surface area contributed by atoms with Crippen molar-refractivity contribution in [2.45, 2.75) is 12.6 Å². The Labute approximate surface area is 175 Å². The molecule has 2 heterocycles. The molecule has 0 saturated carbocycles. The van der Waals surface area contributed by atoms with Crippen LogP contribution in [0.5, 0.6) is 0 Å². The lowest BCUT2D eigenvalue weighted by molar-refractivity contribution is -0.122. The SMILES string of the molecule is Cn1c(C(NC(=O)Cn2cc(Br)ccc2=O)c2ccccc2)nc2ccccc21. The fourth-order valence-corrected chi connectivity index (χ4v) is 3.73. The highest BCUT2D eigenvalue weighted by molar-refractivity contribution is 9.10. The van der Waals surface area contributed by atoms with Gasteiger partial charge in [0.25, 0.3) is 5.56 Å². The summed E-state index contributed by atoms with van der Waals surface area (Å²) in [6.45, 7) is -0.0778. The Morgan fingerprint density at radius 2 is 1.79 bits per heavy atom. The van der Waals surface area contributed by atoms with Gasteiger partial charge in [-0.15, -0.1) is 0 Å². The van der Waals surface area contributed by atoms with Gasteiger partial charge in [0, 0.05) is 23.8 Å². The van der Waals surface area contributed by atoms with Gasteiger partial charge < -0.3 is 14.5 Å². The van der Waals surface area contributed by atoms with E-state index in [-0.39, 0.29) is 18.0 Å². The molecule has 29 heavy (non-hydrogen) atoms. The summed E-state index contributed by atoms with van der Waals surface area (Å²) in [7, 11) is 1.94. The zero-order chi connectivity index (χ0) is 20.4. The summed E-state index contributed by atoms with van der Waals surface area (Å²) < 4.78 is 4.09. The lowest BCUT2D eigenvalue weighted by Crippen LogP contribution is -2.35. The van der Waals surface area contributed by atoms with E-state index in [0.29, 0.717) is 0 Å². The molecule has 0 saturated heterocycles. The third-order valence-corrected chi connectivity index (χ3v) is 5.25. The number of imidazole rings is 1. The minimum absolute atomic E-state index is 0.0778. The fourth-order valence-electron chi connectivity index (χ4n) is 3.35. The first-order valence-corrected chi connectivity index (χ1v) is 9.94. The van der Waals surface area contributed by atoms with E-state index in [1.807, 2.05) is 66.2 Å². The number of fused-ring (bicyclic) bond motifs is 1. The molecule has 1 amide bonds. The highest BCUT2D eigenvalue weighted by Gasteiger charge is 2.22. The van der Waals surface area contributed by atoms with E-state index >= 15 is 0 Å². The number of pyridine rings is 1. The minimum atomic E-state index is -0.441. The highest BCUT2D eigenvalue weighted by Crippen LogP contribution is 2.25. The van der Waals surface area contributed by atoms with Crippen LogP contribution in [0.3, 0.4) is 0 Å². The molecule has 0 aliphatic carbocycles.